The van der Waals surface area contributed by atoms with E-state index in [0.29, 0.717) is 0 Å². The molecular formula is C9H11FN2O5. The molecule has 1 aliphatic rings. The number of aliphatic hydroxyl groups is 3. The molecule has 0 amide bonds. The van der Waals surface area contributed by atoms with Gasteiger partial charge in [0.2, 0.25) is 5.95 Å². The van der Waals surface area contributed by atoms with Gasteiger partial charge in [-0.3, -0.25) is 4.98 Å². The molecule has 0 saturated carbocycles. The van der Waals surface area contributed by atoms with Crippen LogP contribution in [0.1, 0.15) is 11.7 Å². The molecule has 2 heterocycles. The molecule has 1 aliphatic heterocycles. The highest BCUT2D eigenvalue weighted by Crippen LogP contribution is 2.33. The van der Waals surface area contributed by atoms with Crippen LogP contribution in [0.5, 0.6) is 0 Å². The summed E-state index contributed by atoms with van der Waals surface area (Å²) in [5, 5.41) is 28.0. The van der Waals surface area contributed by atoms with Gasteiger partial charge in [-0.1, -0.05) is 0 Å². The third kappa shape index (κ3) is 2.07. The van der Waals surface area contributed by atoms with E-state index in [-0.39, 0.29) is 5.56 Å². The van der Waals surface area contributed by atoms with Crippen LogP contribution in [0, 0.1) is 5.95 Å². The van der Waals surface area contributed by atoms with Gasteiger partial charge in [0.1, 0.15) is 24.4 Å². The zero-order valence-electron chi connectivity index (χ0n) is 8.58. The molecule has 4 atom stereocenters. The Kier molecular flexibility index (Phi) is 3.20. The monoisotopic (exact) mass is 246 g/mol. The summed E-state index contributed by atoms with van der Waals surface area (Å²) in [4.78, 5) is 15.8. The zero-order valence-corrected chi connectivity index (χ0v) is 8.58. The predicted octanol–water partition coefficient (Wildman–Crippen LogP) is -1.94. The zero-order chi connectivity index (χ0) is 12.6. The maximum Gasteiger partial charge on any atom is 0.347 e. The number of aromatic amines is 1. The SMILES string of the molecule is O=c1ncc(C2OC(CO)C(O)C2O)c(F)[nH]1. The van der Waals surface area contributed by atoms with E-state index in [2.05, 4.69) is 4.98 Å². The summed E-state index contributed by atoms with van der Waals surface area (Å²) in [6, 6.07) is 0. The Morgan fingerprint density at radius 1 is 1.47 bits per heavy atom. The first kappa shape index (κ1) is 12.1. The Bertz CT molecular complexity index is 465. The van der Waals surface area contributed by atoms with E-state index in [1.54, 1.807) is 0 Å². The lowest BCUT2D eigenvalue weighted by atomic mass is 10.0. The van der Waals surface area contributed by atoms with Gasteiger partial charge in [-0.05, 0) is 0 Å². The largest absolute Gasteiger partial charge is 0.394 e. The van der Waals surface area contributed by atoms with Crippen molar-refractivity contribution in [3.05, 3.63) is 28.2 Å². The minimum atomic E-state index is -1.39. The van der Waals surface area contributed by atoms with Gasteiger partial charge in [-0.2, -0.15) is 4.39 Å². The van der Waals surface area contributed by atoms with E-state index in [1.165, 1.54) is 0 Å². The number of halogens is 1. The number of aromatic nitrogens is 2. The highest BCUT2D eigenvalue weighted by atomic mass is 19.1. The lowest BCUT2D eigenvalue weighted by molar-refractivity contribution is -0.0240. The van der Waals surface area contributed by atoms with Gasteiger partial charge in [-0.15, -0.1) is 0 Å². The molecule has 1 aromatic heterocycles. The van der Waals surface area contributed by atoms with E-state index >= 15 is 0 Å². The molecule has 1 saturated heterocycles. The summed E-state index contributed by atoms with van der Waals surface area (Å²) in [5.74, 6) is -0.986. The quantitative estimate of drug-likeness (QED) is 0.451. The number of ether oxygens (including phenoxy) is 1. The number of hydrogen-bond donors (Lipinski definition) is 4. The molecule has 17 heavy (non-hydrogen) atoms. The number of hydrogen-bond acceptors (Lipinski definition) is 6. The summed E-state index contributed by atoms with van der Waals surface area (Å²) in [6.07, 6.45) is -3.97. The lowest BCUT2D eigenvalue weighted by Gasteiger charge is -2.14. The molecule has 0 spiro atoms. The van der Waals surface area contributed by atoms with Crippen LogP contribution in [-0.2, 0) is 4.74 Å². The Morgan fingerprint density at radius 3 is 2.71 bits per heavy atom. The fourth-order valence-corrected chi connectivity index (χ4v) is 1.74. The first-order chi connectivity index (χ1) is 8.04. The molecule has 7 nitrogen and oxygen atoms in total. The van der Waals surface area contributed by atoms with Crippen LogP contribution in [0.4, 0.5) is 4.39 Å². The van der Waals surface area contributed by atoms with Crippen LogP contribution in [0.2, 0.25) is 0 Å². The van der Waals surface area contributed by atoms with Crippen molar-refractivity contribution < 1.29 is 24.4 Å². The fourth-order valence-electron chi connectivity index (χ4n) is 1.74. The second-order valence-electron chi connectivity index (χ2n) is 3.72. The van der Waals surface area contributed by atoms with Crippen molar-refractivity contribution in [2.45, 2.75) is 24.4 Å². The molecule has 0 bridgehead atoms. The second kappa shape index (κ2) is 4.49. The Labute approximate surface area is 94.5 Å². The van der Waals surface area contributed by atoms with Gasteiger partial charge < -0.3 is 20.1 Å². The van der Waals surface area contributed by atoms with Crippen LogP contribution in [-0.4, -0.2) is 50.2 Å². The highest BCUT2D eigenvalue weighted by molar-refractivity contribution is 5.14. The molecule has 8 heteroatoms. The fraction of sp³-hybridized carbons (Fsp3) is 0.556. The van der Waals surface area contributed by atoms with E-state index in [9.17, 15) is 19.4 Å². The molecule has 4 unspecified atom stereocenters. The van der Waals surface area contributed by atoms with Crippen molar-refractivity contribution in [1.82, 2.24) is 9.97 Å². The Morgan fingerprint density at radius 2 is 2.18 bits per heavy atom. The summed E-state index contributed by atoms with van der Waals surface area (Å²) in [7, 11) is 0. The van der Waals surface area contributed by atoms with Crippen LogP contribution in [0.15, 0.2) is 11.0 Å². The molecule has 0 aliphatic carbocycles. The summed E-state index contributed by atoms with van der Waals surface area (Å²) >= 11 is 0. The summed E-state index contributed by atoms with van der Waals surface area (Å²) in [6.45, 7) is -0.507. The summed E-state index contributed by atoms with van der Waals surface area (Å²) < 4.78 is 18.5. The Hall–Kier alpha value is -1.35. The van der Waals surface area contributed by atoms with Gasteiger partial charge >= 0.3 is 5.69 Å². The first-order valence-corrected chi connectivity index (χ1v) is 4.91. The number of nitrogens with one attached hydrogen (secondary N) is 1. The van der Waals surface area contributed by atoms with Gasteiger partial charge in [0.05, 0.1) is 12.2 Å². The lowest BCUT2D eigenvalue weighted by Crippen LogP contribution is -2.32. The molecule has 2 rings (SSSR count). The van der Waals surface area contributed by atoms with Crippen molar-refractivity contribution in [3.8, 4) is 0 Å². The smallest absolute Gasteiger partial charge is 0.347 e. The van der Waals surface area contributed by atoms with Crippen LogP contribution in [0.25, 0.3) is 0 Å². The highest BCUT2D eigenvalue weighted by Gasteiger charge is 2.44. The van der Waals surface area contributed by atoms with Crippen molar-refractivity contribution in [2.24, 2.45) is 0 Å². The van der Waals surface area contributed by atoms with Gasteiger partial charge in [0.15, 0.2) is 0 Å². The van der Waals surface area contributed by atoms with E-state index < -0.39 is 42.7 Å². The third-order valence-electron chi connectivity index (χ3n) is 2.64. The normalized spacial score (nSPS) is 32.9. The molecule has 4 N–H and O–H groups in total. The minimum absolute atomic E-state index is 0.174. The number of nitrogens with zero attached hydrogens (tertiary/aromatic N) is 1. The van der Waals surface area contributed by atoms with Crippen molar-refractivity contribution in [2.75, 3.05) is 6.61 Å². The van der Waals surface area contributed by atoms with Gasteiger partial charge in [0.25, 0.3) is 0 Å². The van der Waals surface area contributed by atoms with E-state index in [1.807, 2.05) is 4.98 Å². The number of H-pyrrole nitrogens is 1. The van der Waals surface area contributed by atoms with Gasteiger partial charge in [-0.25, -0.2) is 9.78 Å². The van der Waals surface area contributed by atoms with Crippen molar-refractivity contribution in [1.29, 1.82) is 0 Å². The van der Waals surface area contributed by atoms with E-state index in [4.69, 9.17) is 9.84 Å². The number of aliphatic hydroxyl groups excluding tert-OH is 3. The average molecular weight is 246 g/mol. The molecule has 1 fully saturated rings. The molecule has 1 aromatic rings. The van der Waals surface area contributed by atoms with Gasteiger partial charge in [0, 0.05) is 6.20 Å². The summed E-state index contributed by atoms with van der Waals surface area (Å²) in [5.41, 5.74) is -1.04. The maximum absolute atomic E-state index is 13.4. The predicted molar refractivity (Wildman–Crippen MR) is 51.5 cm³/mol. The van der Waals surface area contributed by atoms with Crippen molar-refractivity contribution >= 4 is 0 Å². The van der Waals surface area contributed by atoms with E-state index in [0.717, 1.165) is 6.20 Å². The van der Waals surface area contributed by atoms with Crippen molar-refractivity contribution in [3.63, 3.8) is 0 Å². The average Bonchev–Trinajstić information content (AvgIpc) is 2.57. The van der Waals surface area contributed by atoms with Crippen LogP contribution in [0.3, 0.4) is 0 Å². The second-order valence-corrected chi connectivity index (χ2v) is 3.72. The number of rotatable bonds is 2. The van der Waals surface area contributed by atoms with Crippen LogP contribution >= 0.6 is 0 Å². The first-order valence-electron chi connectivity index (χ1n) is 4.91. The molecule has 0 aromatic carbocycles. The molecular weight excluding hydrogens is 235 g/mol. The molecule has 94 valence electrons. The third-order valence-corrected chi connectivity index (χ3v) is 2.64. The maximum atomic E-state index is 13.4. The standard InChI is InChI=1S/C9H11FN2O5/c10-8-3(1-11-9(16)12-8)7-6(15)5(14)4(2-13)17-7/h1,4-7,13-15H,2H2,(H,11,12,16). The van der Waals surface area contributed by atoms with Crippen LogP contribution < -0.4 is 5.69 Å². The minimum Gasteiger partial charge on any atom is -0.394 e. The Balaban J connectivity index is 2.32. The topological polar surface area (TPSA) is 116 Å². The molecule has 0 radical (unpaired) electrons.